The maximum Gasteiger partial charge on any atom is 0.257 e. The average molecular weight is 280 g/mol. The lowest BCUT2D eigenvalue weighted by Gasteiger charge is -2.38. The minimum Gasteiger partial charge on any atom is -0.368 e. The van der Waals surface area contributed by atoms with Crippen LogP contribution in [0.3, 0.4) is 0 Å². The van der Waals surface area contributed by atoms with E-state index in [0.717, 1.165) is 13.1 Å². The number of nitrogens with zero attached hydrogens (tertiary/aromatic N) is 3. The highest BCUT2D eigenvalue weighted by Gasteiger charge is 2.28. The number of pyridine rings is 1. The molecule has 0 bridgehead atoms. The lowest BCUT2D eigenvalue weighted by molar-refractivity contribution is 0.0529. The van der Waals surface area contributed by atoms with E-state index in [2.05, 4.69) is 15.2 Å². The van der Waals surface area contributed by atoms with Crippen molar-refractivity contribution >= 4 is 11.7 Å². The normalized spacial score (nSPS) is 20.0. The summed E-state index contributed by atoms with van der Waals surface area (Å²) in [5.74, 6) is -0.685. The summed E-state index contributed by atoms with van der Waals surface area (Å²) in [5.41, 5.74) is 0.0901. The van der Waals surface area contributed by atoms with Crippen LogP contribution < -0.4 is 5.32 Å². The van der Waals surface area contributed by atoms with Crippen LogP contribution in [0.5, 0.6) is 0 Å². The molecule has 2 heterocycles. The number of hydrogen-bond acceptors (Lipinski definition) is 4. The van der Waals surface area contributed by atoms with Crippen LogP contribution in [0.2, 0.25) is 0 Å². The molecule has 1 aliphatic heterocycles. The fourth-order valence-electron chi connectivity index (χ4n) is 2.50. The van der Waals surface area contributed by atoms with Gasteiger partial charge in [-0.05, 0) is 27.0 Å². The Morgan fingerprint density at radius 3 is 2.95 bits per heavy atom. The molecule has 1 fully saturated rings. The summed E-state index contributed by atoms with van der Waals surface area (Å²) in [7, 11) is 2.02. The quantitative estimate of drug-likeness (QED) is 0.910. The molecule has 0 radical (unpaired) electrons. The van der Waals surface area contributed by atoms with Crippen molar-refractivity contribution in [2.24, 2.45) is 0 Å². The number of aromatic nitrogens is 1. The Labute approximate surface area is 118 Å². The van der Waals surface area contributed by atoms with Crippen molar-refractivity contribution in [1.29, 1.82) is 0 Å². The molecule has 0 saturated carbocycles. The Kier molecular flexibility index (Phi) is 4.54. The monoisotopic (exact) mass is 280 g/mol. The van der Waals surface area contributed by atoms with Crippen LogP contribution in [0.4, 0.5) is 10.2 Å². The summed E-state index contributed by atoms with van der Waals surface area (Å²) in [4.78, 5) is 20.3. The first-order chi connectivity index (χ1) is 9.54. The molecule has 5 nitrogen and oxygen atoms in total. The summed E-state index contributed by atoms with van der Waals surface area (Å²) in [6, 6.07) is 1.53. The van der Waals surface area contributed by atoms with E-state index < -0.39 is 5.82 Å². The lowest BCUT2D eigenvalue weighted by Crippen LogP contribution is -2.52. The zero-order valence-electron chi connectivity index (χ0n) is 12.2. The van der Waals surface area contributed by atoms with Gasteiger partial charge in [0.05, 0.1) is 5.56 Å². The highest BCUT2D eigenvalue weighted by molar-refractivity contribution is 5.95. The average Bonchev–Trinajstić information content (AvgIpc) is 2.41. The molecule has 6 heteroatoms. The number of carbonyl (C=O) groups is 1. The Morgan fingerprint density at radius 1 is 1.55 bits per heavy atom. The van der Waals surface area contributed by atoms with E-state index >= 15 is 0 Å². The number of nitrogens with one attached hydrogen (secondary N) is 1. The number of hydrogen-bond donors (Lipinski definition) is 1. The molecular formula is C14H21FN4O. The number of halogens is 1. The third-order valence-electron chi connectivity index (χ3n) is 3.56. The van der Waals surface area contributed by atoms with E-state index in [-0.39, 0.29) is 23.3 Å². The summed E-state index contributed by atoms with van der Waals surface area (Å²) in [5, 5.41) is 2.83. The van der Waals surface area contributed by atoms with Crippen molar-refractivity contribution in [2.75, 3.05) is 38.5 Å². The molecular weight excluding hydrogens is 259 g/mol. The zero-order valence-corrected chi connectivity index (χ0v) is 12.2. The molecule has 0 aliphatic carbocycles. The Morgan fingerprint density at radius 2 is 2.30 bits per heavy atom. The minimum atomic E-state index is -0.564. The van der Waals surface area contributed by atoms with E-state index in [1.165, 1.54) is 12.3 Å². The van der Waals surface area contributed by atoms with E-state index in [1.807, 2.05) is 20.9 Å². The molecule has 1 N–H and O–H groups in total. The molecule has 1 saturated heterocycles. The van der Waals surface area contributed by atoms with Gasteiger partial charge in [0, 0.05) is 38.4 Å². The van der Waals surface area contributed by atoms with Crippen LogP contribution >= 0.6 is 0 Å². The molecule has 20 heavy (non-hydrogen) atoms. The van der Waals surface area contributed by atoms with Crippen molar-refractivity contribution < 1.29 is 9.18 Å². The van der Waals surface area contributed by atoms with Gasteiger partial charge in [-0.3, -0.25) is 4.79 Å². The first kappa shape index (κ1) is 14.7. The van der Waals surface area contributed by atoms with Gasteiger partial charge in [0.1, 0.15) is 0 Å². The number of likely N-dealkylation sites (N-methyl/N-ethyl adjacent to an activating group) is 1. The molecule has 1 amide bonds. The van der Waals surface area contributed by atoms with E-state index in [1.54, 1.807) is 4.90 Å². The van der Waals surface area contributed by atoms with Gasteiger partial charge in [0.15, 0.2) is 11.6 Å². The van der Waals surface area contributed by atoms with Crippen molar-refractivity contribution in [1.82, 2.24) is 14.8 Å². The van der Waals surface area contributed by atoms with E-state index in [4.69, 9.17) is 0 Å². The van der Waals surface area contributed by atoms with Crippen molar-refractivity contribution in [3.63, 3.8) is 0 Å². The van der Waals surface area contributed by atoms with E-state index in [9.17, 15) is 9.18 Å². The van der Waals surface area contributed by atoms with Gasteiger partial charge in [-0.1, -0.05) is 0 Å². The van der Waals surface area contributed by atoms with Crippen molar-refractivity contribution in [3.05, 3.63) is 23.6 Å². The van der Waals surface area contributed by atoms with Gasteiger partial charge in [-0.25, -0.2) is 9.37 Å². The standard InChI is InChI=1S/C14H21FN4O/c1-4-16-13-12(15)11(5-6-17-13)14(20)19-8-7-18(3)9-10(19)2/h5-6,10H,4,7-9H2,1-3H3,(H,16,17). The molecule has 110 valence electrons. The Bertz CT molecular complexity index is 494. The number of anilines is 1. The Balaban J connectivity index is 2.23. The predicted octanol–water partition coefficient (Wildman–Crippen LogP) is 1.43. The topological polar surface area (TPSA) is 48.5 Å². The maximum absolute atomic E-state index is 14.3. The van der Waals surface area contributed by atoms with Crippen LogP contribution in [0, 0.1) is 5.82 Å². The van der Waals surface area contributed by atoms with Gasteiger partial charge in [0.25, 0.3) is 5.91 Å². The zero-order chi connectivity index (χ0) is 14.7. The second-order valence-electron chi connectivity index (χ2n) is 5.16. The fraction of sp³-hybridized carbons (Fsp3) is 0.571. The van der Waals surface area contributed by atoms with Crippen LogP contribution in [0.15, 0.2) is 12.3 Å². The van der Waals surface area contributed by atoms with Crippen molar-refractivity contribution in [3.8, 4) is 0 Å². The summed E-state index contributed by atoms with van der Waals surface area (Å²) in [6.45, 7) is 6.64. The van der Waals surface area contributed by atoms with Crippen LogP contribution in [0.25, 0.3) is 0 Å². The molecule has 1 aliphatic rings. The van der Waals surface area contributed by atoms with Gasteiger partial charge >= 0.3 is 0 Å². The van der Waals surface area contributed by atoms with E-state index in [0.29, 0.717) is 13.1 Å². The second-order valence-corrected chi connectivity index (χ2v) is 5.16. The molecule has 0 aromatic carbocycles. The van der Waals surface area contributed by atoms with Gasteiger partial charge < -0.3 is 15.1 Å². The Hall–Kier alpha value is -1.69. The first-order valence-corrected chi connectivity index (χ1v) is 6.92. The third-order valence-corrected chi connectivity index (χ3v) is 3.56. The van der Waals surface area contributed by atoms with Gasteiger partial charge in [0.2, 0.25) is 0 Å². The second kappa shape index (κ2) is 6.17. The smallest absolute Gasteiger partial charge is 0.257 e. The van der Waals surface area contributed by atoms with Crippen molar-refractivity contribution in [2.45, 2.75) is 19.9 Å². The highest BCUT2D eigenvalue weighted by Crippen LogP contribution is 2.19. The van der Waals surface area contributed by atoms with Gasteiger partial charge in [-0.15, -0.1) is 0 Å². The number of piperazine rings is 1. The van der Waals surface area contributed by atoms with Crippen LogP contribution in [-0.4, -0.2) is 60.0 Å². The predicted molar refractivity (Wildman–Crippen MR) is 76.4 cm³/mol. The number of amides is 1. The largest absolute Gasteiger partial charge is 0.368 e. The number of carbonyl (C=O) groups excluding carboxylic acids is 1. The summed E-state index contributed by atoms with van der Waals surface area (Å²) < 4.78 is 14.3. The first-order valence-electron chi connectivity index (χ1n) is 6.92. The van der Waals surface area contributed by atoms with Crippen LogP contribution in [-0.2, 0) is 0 Å². The number of rotatable bonds is 3. The van der Waals surface area contributed by atoms with Gasteiger partial charge in [-0.2, -0.15) is 0 Å². The highest BCUT2D eigenvalue weighted by atomic mass is 19.1. The summed E-state index contributed by atoms with van der Waals surface area (Å²) >= 11 is 0. The molecule has 0 spiro atoms. The summed E-state index contributed by atoms with van der Waals surface area (Å²) in [6.07, 6.45) is 1.47. The molecule has 1 atom stereocenters. The third kappa shape index (κ3) is 2.90. The lowest BCUT2D eigenvalue weighted by atomic mass is 10.1. The SMILES string of the molecule is CCNc1nccc(C(=O)N2CCN(C)CC2C)c1F. The minimum absolute atomic E-state index is 0.0800. The molecule has 1 unspecified atom stereocenters. The maximum atomic E-state index is 14.3. The molecule has 1 aromatic rings. The molecule has 1 aromatic heterocycles. The molecule has 2 rings (SSSR count). The van der Waals surface area contributed by atoms with Crippen LogP contribution in [0.1, 0.15) is 24.2 Å². The fourth-order valence-corrected chi connectivity index (χ4v) is 2.50.